The predicted octanol–water partition coefficient (Wildman–Crippen LogP) is 2.23. The first-order valence-corrected chi connectivity index (χ1v) is 7.02. The molecule has 1 aromatic carbocycles. The van der Waals surface area contributed by atoms with Crippen LogP contribution in [0.5, 0.6) is 11.5 Å². The maximum atomic E-state index is 12.3. The number of methoxy groups -OCH3 is 2. The Hall–Kier alpha value is -1.75. The molecule has 1 aromatic rings. The van der Waals surface area contributed by atoms with Crippen LogP contribution in [0.25, 0.3) is 0 Å². The summed E-state index contributed by atoms with van der Waals surface area (Å²) < 4.78 is 10.4. The van der Waals surface area contributed by atoms with Gasteiger partial charge in [-0.3, -0.25) is 4.79 Å². The summed E-state index contributed by atoms with van der Waals surface area (Å²) in [6.45, 7) is 5.96. The van der Waals surface area contributed by atoms with Crippen molar-refractivity contribution in [1.82, 2.24) is 5.32 Å². The fourth-order valence-corrected chi connectivity index (χ4v) is 2.38. The summed E-state index contributed by atoms with van der Waals surface area (Å²) in [6, 6.07) is 5.11. The van der Waals surface area contributed by atoms with Gasteiger partial charge in [-0.2, -0.15) is 0 Å². The molecule has 0 aliphatic rings. The summed E-state index contributed by atoms with van der Waals surface area (Å²) in [4.78, 5) is 12.3. The van der Waals surface area contributed by atoms with E-state index in [-0.39, 0.29) is 12.5 Å². The number of carbonyl (C=O) groups is 1. The molecule has 0 spiro atoms. The zero-order valence-electron chi connectivity index (χ0n) is 13.4. The normalized spacial score (nSPS) is 13.7. The van der Waals surface area contributed by atoms with Gasteiger partial charge in [0.2, 0.25) is 0 Å². The SMILES string of the molecule is COc1cccc(C(=O)NCC(C)(O)CC(C)C)c1OC. The summed E-state index contributed by atoms with van der Waals surface area (Å²) in [5.74, 6) is 0.943. The molecular weight excluding hydrogens is 270 g/mol. The van der Waals surface area contributed by atoms with Crippen LogP contribution in [0.15, 0.2) is 18.2 Å². The standard InChI is InChI=1S/C16H25NO4/c1-11(2)9-16(3,19)10-17-15(18)12-7-6-8-13(20-4)14(12)21-5/h6-8,11,19H,9-10H2,1-5H3,(H,17,18). The van der Waals surface area contributed by atoms with Gasteiger partial charge in [0.15, 0.2) is 11.5 Å². The highest BCUT2D eigenvalue weighted by atomic mass is 16.5. The third kappa shape index (κ3) is 4.93. The lowest BCUT2D eigenvalue weighted by Crippen LogP contribution is -2.41. The molecule has 0 aliphatic carbocycles. The first-order chi connectivity index (χ1) is 9.80. The Labute approximate surface area is 126 Å². The lowest BCUT2D eigenvalue weighted by molar-refractivity contribution is 0.0368. The van der Waals surface area contributed by atoms with Crippen molar-refractivity contribution in [3.8, 4) is 11.5 Å². The van der Waals surface area contributed by atoms with Crippen molar-refractivity contribution in [3.63, 3.8) is 0 Å². The average Bonchev–Trinajstić information content (AvgIpc) is 2.42. The molecule has 0 bridgehead atoms. The van der Waals surface area contributed by atoms with Crippen LogP contribution in [0.4, 0.5) is 0 Å². The third-order valence-electron chi connectivity index (χ3n) is 3.13. The second-order valence-electron chi connectivity index (χ2n) is 5.82. The largest absolute Gasteiger partial charge is 0.493 e. The Bertz CT molecular complexity index is 483. The minimum absolute atomic E-state index is 0.185. The van der Waals surface area contributed by atoms with Gasteiger partial charge in [-0.1, -0.05) is 19.9 Å². The molecule has 0 saturated carbocycles. The first kappa shape index (κ1) is 17.3. The highest BCUT2D eigenvalue weighted by Gasteiger charge is 2.24. The minimum atomic E-state index is -0.935. The maximum absolute atomic E-state index is 12.3. The number of aliphatic hydroxyl groups is 1. The van der Waals surface area contributed by atoms with Gasteiger partial charge in [0.05, 0.1) is 25.4 Å². The smallest absolute Gasteiger partial charge is 0.255 e. The summed E-state index contributed by atoms with van der Waals surface area (Å²) in [7, 11) is 3.01. The Kier molecular flexibility index (Phi) is 6.03. The van der Waals surface area contributed by atoms with Crippen LogP contribution in [-0.4, -0.2) is 37.4 Å². The van der Waals surface area contributed by atoms with Crippen LogP contribution in [0.1, 0.15) is 37.6 Å². The van der Waals surface area contributed by atoms with Crippen molar-refractivity contribution in [2.75, 3.05) is 20.8 Å². The lowest BCUT2D eigenvalue weighted by atomic mass is 9.94. The maximum Gasteiger partial charge on any atom is 0.255 e. The number of ether oxygens (including phenoxy) is 2. The Balaban J connectivity index is 2.81. The fraction of sp³-hybridized carbons (Fsp3) is 0.562. The van der Waals surface area contributed by atoms with Crippen LogP contribution in [0, 0.1) is 5.92 Å². The third-order valence-corrected chi connectivity index (χ3v) is 3.13. The Morgan fingerprint density at radius 3 is 2.52 bits per heavy atom. The highest BCUT2D eigenvalue weighted by Crippen LogP contribution is 2.30. The van der Waals surface area contributed by atoms with E-state index < -0.39 is 5.60 Å². The van der Waals surface area contributed by atoms with Gasteiger partial charge < -0.3 is 19.9 Å². The van der Waals surface area contributed by atoms with E-state index in [2.05, 4.69) is 5.32 Å². The zero-order valence-corrected chi connectivity index (χ0v) is 13.4. The van der Waals surface area contributed by atoms with Gasteiger partial charge >= 0.3 is 0 Å². The molecule has 0 saturated heterocycles. The van der Waals surface area contributed by atoms with Crippen LogP contribution in [0.3, 0.4) is 0 Å². The van der Waals surface area contributed by atoms with E-state index in [1.807, 2.05) is 13.8 Å². The summed E-state index contributed by atoms with van der Waals surface area (Å²) >= 11 is 0. The number of hydrogen-bond acceptors (Lipinski definition) is 4. The molecule has 0 radical (unpaired) electrons. The highest BCUT2D eigenvalue weighted by molar-refractivity contribution is 5.97. The number of hydrogen-bond donors (Lipinski definition) is 2. The second kappa shape index (κ2) is 7.31. The number of nitrogens with one attached hydrogen (secondary N) is 1. The number of benzene rings is 1. The molecule has 2 N–H and O–H groups in total. The molecule has 5 nitrogen and oxygen atoms in total. The van der Waals surface area contributed by atoms with Crippen molar-refractivity contribution in [1.29, 1.82) is 0 Å². The van der Waals surface area contributed by atoms with Gasteiger partial charge in [0, 0.05) is 6.54 Å². The molecule has 0 fully saturated rings. The molecule has 5 heteroatoms. The zero-order chi connectivity index (χ0) is 16.0. The van der Waals surface area contributed by atoms with E-state index in [0.717, 1.165) is 0 Å². The molecular formula is C16H25NO4. The van der Waals surface area contributed by atoms with Crippen LogP contribution in [0.2, 0.25) is 0 Å². The van der Waals surface area contributed by atoms with Crippen LogP contribution >= 0.6 is 0 Å². The van der Waals surface area contributed by atoms with Crippen molar-refractivity contribution >= 4 is 5.91 Å². The quantitative estimate of drug-likeness (QED) is 0.809. The molecule has 0 heterocycles. The van der Waals surface area contributed by atoms with Gasteiger partial charge in [-0.25, -0.2) is 0 Å². The topological polar surface area (TPSA) is 67.8 Å². The predicted molar refractivity (Wildman–Crippen MR) is 82.0 cm³/mol. The van der Waals surface area contributed by atoms with Crippen molar-refractivity contribution in [3.05, 3.63) is 23.8 Å². The molecule has 1 atom stereocenters. The fourth-order valence-electron chi connectivity index (χ4n) is 2.38. The van der Waals surface area contributed by atoms with Crippen molar-refractivity contribution < 1.29 is 19.4 Å². The van der Waals surface area contributed by atoms with Gasteiger partial charge in [0.25, 0.3) is 5.91 Å². The minimum Gasteiger partial charge on any atom is -0.493 e. The average molecular weight is 295 g/mol. The van der Waals surface area contributed by atoms with E-state index in [1.165, 1.54) is 14.2 Å². The van der Waals surface area contributed by atoms with Crippen molar-refractivity contribution in [2.45, 2.75) is 32.8 Å². The monoisotopic (exact) mass is 295 g/mol. The van der Waals surface area contributed by atoms with E-state index in [9.17, 15) is 9.90 Å². The number of para-hydroxylation sites is 1. The molecule has 0 aromatic heterocycles. The molecule has 21 heavy (non-hydrogen) atoms. The number of carbonyl (C=O) groups excluding carboxylic acids is 1. The van der Waals surface area contributed by atoms with Crippen molar-refractivity contribution in [2.24, 2.45) is 5.92 Å². The second-order valence-corrected chi connectivity index (χ2v) is 5.82. The van der Waals surface area contributed by atoms with E-state index >= 15 is 0 Å². The Morgan fingerprint density at radius 2 is 2.00 bits per heavy atom. The van der Waals surface area contributed by atoms with Gasteiger partial charge in [0.1, 0.15) is 0 Å². The van der Waals surface area contributed by atoms with E-state index in [4.69, 9.17) is 9.47 Å². The van der Waals surface area contributed by atoms with Gasteiger partial charge in [-0.15, -0.1) is 0 Å². The number of amides is 1. The van der Waals surface area contributed by atoms with Crippen LogP contribution in [-0.2, 0) is 0 Å². The summed E-state index contributed by atoms with van der Waals surface area (Å²) in [6.07, 6.45) is 0.614. The summed E-state index contributed by atoms with van der Waals surface area (Å²) in [5.41, 5.74) is -0.548. The molecule has 0 aliphatic heterocycles. The first-order valence-electron chi connectivity index (χ1n) is 7.02. The van der Waals surface area contributed by atoms with E-state index in [1.54, 1.807) is 25.1 Å². The Morgan fingerprint density at radius 1 is 1.33 bits per heavy atom. The molecule has 118 valence electrons. The summed E-state index contributed by atoms with van der Waals surface area (Å²) in [5, 5.41) is 13.0. The lowest BCUT2D eigenvalue weighted by Gasteiger charge is -2.25. The van der Waals surface area contributed by atoms with Gasteiger partial charge in [-0.05, 0) is 31.4 Å². The molecule has 1 unspecified atom stereocenters. The molecule has 1 amide bonds. The molecule has 1 rings (SSSR count). The van der Waals surface area contributed by atoms with E-state index in [0.29, 0.717) is 29.4 Å². The van der Waals surface area contributed by atoms with Crippen LogP contribution < -0.4 is 14.8 Å². The number of rotatable bonds is 7.